The summed E-state index contributed by atoms with van der Waals surface area (Å²) in [5, 5.41) is 2.81. The summed E-state index contributed by atoms with van der Waals surface area (Å²) in [6.45, 7) is 0. The fourth-order valence-corrected chi connectivity index (χ4v) is 2.65. The van der Waals surface area contributed by atoms with E-state index in [4.69, 9.17) is 9.15 Å². The smallest absolute Gasteiger partial charge is 0.307 e. The fraction of sp³-hybridized carbons (Fsp3) is 0.200. The fourth-order valence-electron chi connectivity index (χ4n) is 1.90. The van der Waals surface area contributed by atoms with Gasteiger partial charge in [0.15, 0.2) is 4.67 Å². The van der Waals surface area contributed by atoms with Gasteiger partial charge < -0.3 is 14.5 Å². The van der Waals surface area contributed by atoms with Crippen molar-refractivity contribution in [1.82, 2.24) is 5.32 Å². The third kappa shape index (κ3) is 4.45. The van der Waals surface area contributed by atoms with Crippen LogP contribution in [0.2, 0.25) is 0 Å². The molecule has 0 aliphatic rings. The normalized spacial score (nSPS) is 11.8. The predicted molar refractivity (Wildman–Crippen MR) is 87.4 cm³/mol. The highest BCUT2D eigenvalue weighted by Gasteiger charge is 2.20. The Bertz CT molecular complexity index is 684. The molecule has 22 heavy (non-hydrogen) atoms. The van der Waals surface area contributed by atoms with E-state index in [9.17, 15) is 9.59 Å². The van der Waals surface area contributed by atoms with E-state index >= 15 is 0 Å². The van der Waals surface area contributed by atoms with Crippen LogP contribution in [0.15, 0.2) is 50.2 Å². The number of hydrogen-bond donors (Lipinski definition) is 1. The number of methoxy groups -OCH3 is 1. The second-order valence-electron chi connectivity index (χ2n) is 4.50. The van der Waals surface area contributed by atoms with E-state index in [1.807, 2.05) is 24.3 Å². The number of benzene rings is 1. The van der Waals surface area contributed by atoms with Crippen molar-refractivity contribution in [2.24, 2.45) is 0 Å². The van der Waals surface area contributed by atoms with Gasteiger partial charge in [0.05, 0.1) is 25.1 Å². The van der Waals surface area contributed by atoms with Gasteiger partial charge in [0.2, 0.25) is 0 Å². The first-order chi connectivity index (χ1) is 10.5. The molecule has 2 aromatic rings. The molecule has 2 rings (SSSR count). The van der Waals surface area contributed by atoms with E-state index < -0.39 is 12.0 Å². The van der Waals surface area contributed by atoms with Gasteiger partial charge in [0.1, 0.15) is 6.26 Å². The van der Waals surface area contributed by atoms with Crippen molar-refractivity contribution in [3.8, 4) is 0 Å². The Morgan fingerprint density at radius 2 is 2.09 bits per heavy atom. The van der Waals surface area contributed by atoms with Crippen LogP contribution in [0.3, 0.4) is 0 Å². The second kappa shape index (κ2) is 7.60. The van der Waals surface area contributed by atoms with Crippen LogP contribution < -0.4 is 5.32 Å². The lowest BCUT2D eigenvalue weighted by molar-refractivity contribution is -0.141. The number of carbonyl (C=O) groups excluding carboxylic acids is 2. The third-order valence-corrected chi connectivity index (χ3v) is 3.89. The number of hydrogen-bond acceptors (Lipinski definition) is 4. The number of carbonyl (C=O) groups is 2. The first-order valence-electron chi connectivity index (χ1n) is 6.36. The zero-order valence-corrected chi connectivity index (χ0v) is 14.8. The standard InChI is InChI=1S/C15H13Br2NO4/c1-21-14(19)7-12(9-3-2-4-11(16)5-9)18-15(20)10-6-13(17)22-8-10/h2-6,8,12H,7H2,1H3,(H,18,20). The van der Waals surface area contributed by atoms with Crippen molar-refractivity contribution >= 4 is 43.7 Å². The Kier molecular flexibility index (Phi) is 5.79. The number of ether oxygens (including phenoxy) is 1. The van der Waals surface area contributed by atoms with Crippen molar-refractivity contribution in [2.75, 3.05) is 7.11 Å². The summed E-state index contributed by atoms with van der Waals surface area (Å²) in [5.74, 6) is -0.734. The Labute approximate surface area is 144 Å². The zero-order chi connectivity index (χ0) is 16.1. The summed E-state index contributed by atoms with van der Waals surface area (Å²) in [7, 11) is 1.31. The molecule has 0 saturated heterocycles. The van der Waals surface area contributed by atoms with Crippen LogP contribution >= 0.6 is 31.9 Å². The molecule has 0 aliphatic carbocycles. The Morgan fingerprint density at radius 3 is 2.68 bits per heavy atom. The summed E-state index contributed by atoms with van der Waals surface area (Å²) in [6, 6.07) is 8.46. The minimum Gasteiger partial charge on any atom is -0.469 e. The molecule has 1 atom stereocenters. The maximum Gasteiger partial charge on any atom is 0.307 e. The molecule has 0 fully saturated rings. The largest absolute Gasteiger partial charge is 0.469 e. The van der Waals surface area contributed by atoms with E-state index in [0.29, 0.717) is 10.2 Å². The lowest BCUT2D eigenvalue weighted by Gasteiger charge is -2.18. The SMILES string of the molecule is COC(=O)CC(NC(=O)c1coc(Br)c1)c1cccc(Br)c1. The lowest BCUT2D eigenvalue weighted by atomic mass is 10.0. The van der Waals surface area contributed by atoms with Gasteiger partial charge in [-0.05, 0) is 33.6 Å². The summed E-state index contributed by atoms with van der Waals surface area (Å²) in [4.78, 5) is 23.8. The molecule has 116 valence electrons. The van der Waals surface area contributed by atoms with Gasteiger partial charge in [-0.1, -0.05) is 28.1 Å². The van der Waals surface area contributed by atoms with Crippen LogP contribution in [0.5, 0.6) is 0 Å². The summed E-state index contributed by atoms with van der Waals surface area (Å²) in [5.41, 5.74) is 1.17. The Balaban J connectivity index is 2.20. The van der Waals surface area contributed by atoms with Gasteiger partial charge in [0, 0.05) is 10.5 Å². The van der Waals surface area contributed by atoms with Gasteiger partial charge in [-0.3, -0.25) is 9.59 Å². The number of amides is 1. The topological polar surface area (TPSA) is 68.5 Å². The van der Waals surface area contributed by atoms with Gasteiger partial charge >= 0.3 is 5.97 Å². The van der Waals surface area contributed by atoms with E-state index in [1.54, 1.807) is 6.07 Å². The first-order valence-corrected chi connectivity index (χ1v) is 7.95. The number of esters is 1. The molecular weight excluding hydrogens is 418 g/mol. The Morgan fingerprint density at radius 1 is 1.32 bits per heavy atom. The molecule has 1 heterocycles. The Hall–Kier alpha value is -1.60. The van der Waals surface area contributed by atoms with Crippen molar-refractivity contribution in [3.05, 3.63) is 56.9 Å². The molecule has 0 aliphatic heterocycles. The predicted octanol–water partition coefficient (Wildman–Crippen LogP) is 3.84. The van der Waals surface area contributed by atoms with Gasteiger partial charge in [-0.15, -0.1) is 0 Å². The number of rotatable bonds is 5. The van der Waals surface area contributed by atoms with E-state index in [2.05, 4.69) is 37.2 Å². The molecule has 0 bridgehead atoms. The molecule has 0 saturated carbocycles. The zero-order valence-electron chi connectivity index (χ0n) is 11.6. The average Bonchev–Trinajstić information content (AvgIpc) is 2.93. The highest BCUT2D eigenvalue weighted by atomic mass is 79.9. The van der Waals surface area contributed by atoms with Crippen molar-refractivity contribution in [3.63, 3.8) is 0 Å². The highest BCUT2D eigenvalue weighted by Crippen LogP contribution is 2.22. The van der Waals surface area contributed by atoms with E-state index in [0.717, 1.165) is 10.0 Å². The molecule has 5 nitrogen and oxygen atoms in total. The van der Waals surface area contributed by atoms with Gasteiger partial charge in [0.25, 0.3) is 5.91 Å². The number of furan rings is 1. The monoisotopic (exact) mass is 429 g/mol. The summed E-state index contributed by atoms with van der Waals surface area (Å²) in [6.07, 6.45) is 1.38. The molecule has 0 radical (unpaired) electrons. The maximum absolute atomic E-state index is 12.2. The van der Waals surface area contributed by atoms with Crippen molar-refractivity contribution in [2.45, 2.75) is 12.5 Å². The van der Waals surface area contributed by atoms with Gasteiger partial charge in [-0.2, -0.15) is 0 Å². The molecule has 1 amide bonds. The van der Waals surface area contributed by atoms with Crippen LogP contribution in [0.25, 0.3) is 0 Å². The van der Waals surface area contributed by atoms with Crippen LogP contribution in [0.4, 0.5) is 0 Å². The van der Waals surface area contributed by atoms with Crippen LogP contribution in [-0.4, -0.2) is 19.0 Å². The first kappa shape index (κ1) is 16.8. The molecule has 1 N–H and O–H groups in total. The minimum atomic E-state index is -0.494. The van der Waals surface area contributed by atoms with Crippen molar-refractivity contribution in [1.29, 1.82) is 0 Å². The van der Waals surface area contributed by atoms with Crippen LogP contribution in [0, 0.1) is 0 Å². The minimum absolute atomic E-state index is 0.0394. The molecule has 1 unspecified atom stereocenters. The van der Waals surface area contributed by atoms with Crippen LogP contribution in [-0.2, 0) is 9.53 Å². The number of nitrogens with one attached hydrogen (secondary N) is 1. The molecule has 7 heteroatoms. The number of halogens is 2. The third-order valence-electron chi connectivity index (χ3n) is 2.98. The lowest BCUT2D eigenvalue weighted by Crippen LogP contribution is -2.30. The van der Waals surface area contributed by atoms with Gasteiger partial charge in [-0.25, -0.2) is 0 Å². The quantitative estimate of drug-likeness (QED) is 0.731. The molecule has 0 spiro atoms. The van der Waals surface area contributed by atoms with E-state index in [1.165, 1.54) is 13.4 Å². The van der Waals surface area contributed by atoms with E-state index in [-0.39, 0.29) is 12.3 Å². The highest BCUT2D eigenvalue weighted by molar-refractivity contribution is 9.10. The maximum atomic E-state index is 12.2. The molecular formula is C15H13Br2NO4. The molecule has 1 aromatic carbocycles. The van der Waals surface area contributed by atoms with Crippen molar-refractivity contribution < 1.29 is 18.7 Å². The second-order valence-corrected chi connectivity index (χ2v) is 6.20. The molecule has 1 aromatic heterocycles. The average molecular weight is 431 g/mol. The van der Waals surface area contributed by atoms with Crippen LogP contribution in [0.1, 0.15) is 28.4 Å². The summed E-state index contributed by atoms with van der Waals surface area (Å²) < 4.78 is 11.1. The summed E-state index contributed by atoms with van der Waals surface area (Å²) >= 11 is 6.52.